The molecule has 0 spiro atoms. The molecule has 155 valence electrons. The first-order valence-corrected chi connectivity index (χ1v) is 9.11. The Labute approximate surface area is 187 Å². The molecule has 1 heterocycles. The number of nitriles is 1. The third-order valence-corrected chi connectivity index (χ3v) is 4.95. The summed E-state index contributed by atoms with van der Waals surface area (Å²) in [5, 5.41) is 20.1. The Morgan fingerprint density at radius 3 is 2.73 bits per heavy atom. The van der Waals surface area contributed by atoms with Crippen LogP contribution in [0.3, 0.4) is 0 Å². The van der Waals surface area contributed by atoms with E-state index in [1.54, 1.807) is 12.1 Å². The predicted molar refractivity (Wildman–Crippen MR) is 107 cm³/mol. The summed E-state index contributed by atoms with van der Waals surface area (Å²) in [6, 6.07) is 13.8. The quantitative estimate of drug-likeness (QED) is 0.272. The molecular weight excluding hydrogens is 563 g/mol. The summed E-state index contributed by atoms with van der Waals surface area (Å²) >= 11 is 0. The van der Waals surface area contributed by atoms with Gasteiger partial charge >= 0.3 is 26.3 Å². The van der Waals surface area contributed by atoms with Crippen molar-refractivity contribution in [3.05, 3.63) is 82.2 Å². The number of rotatable bonds is 3. The Balaban J connectivity index is 0.000000218. The normalized spacial score (nSPS) is 11.7. The van der Waals surface area contributed by atoms with Gasteiger partial charge in [0, 0.05) is 17.5 Å². The first kappa shape index (κ1) is 23.4. The van der Waals surface area contributed by atoms with E-state index in [-0.39, 0.29) is 31.1 Å². The second kappa shape index (κ2) is 10.2. The molecule has 1 aromatic heterocycles. The van der Waals surface area contributed by atoms with E-state index >= 15 is 0 Å². The van der Waals surface area contributed by atoms with Crippen LogP contribution in [0.4, 0.5) is 14.5 Å². The molecule has 0 atom stereocenters. The minimum Gasteiger partial charge on any atom is -0.419 e. The number of nitrogens with two attached hydrogens (primary N) is 1. The predicted octanol–water partition coefficient (Wildman–Crippen LogP) is 4.43. The smallest absolute Gasteiger partial charge is 0.419 e. The van der Waals surface area contributed by atoms with Crippen LogP contribution in [0.2, 0.25) is 0 Å². The van der Waals surface area contributed by atoms with E-state index in [2.05, 4.69) is 30.2 Å². The van der Waals surface area contributed by atoms with Crippen LogP contribution in [0.25, 0.3) is 0 Å². The van der Waals surface area contributed by atoms with Crippen LogP contribution in [-0.4, -0.2) is 15.5 Å². The van der Waals surface area contributed by atoms with Gasteiger partial charge < -0.3 is 11.1 Å². The van der Waals surface area contributed by atoms with Gasteiger partial charge in [-0.3, -0.25) is 0 Å². The van der Waals surface area contributed by atoms with Crippen molar-refractivity contribution in [2.24, 2.45) is 0 Å². The van der Waals surface area contributed by atoms with E-state index in [4.69, 9.17) is 16.4 Å². The summed E-state index contributed by atoms with van der Waals surface area (Å²) in [4.78, 5) is 0. The Bertz CT molecular complexity index is 1090. The second-order valence-electron chi connectivity index (χ2n) is 6.72. The van der Waals surface area contributed by atoms with Crippen LogP contribution in [0, 0.1) is 29.7 Å². The fourth-order valence-electron chi connectivity index (χ4n) is 3.36. The fraction of sp³-hybridized carbons (Fsp3) is 0.227. The van der Waals surface area contributed by atoms with E-state index in [0.29, 0.717) is 15.9 Å². The zero-order valence-corrected chi connectivity index (χ0v) is 18.8. The van der Waals surface area contributed by atoms with E-state index in [0.717, 1.165) is 18.2 Å². The Hall–Kier alpha value is -2.89. The Kier molecular flexibility index (Phi) is 7.97. The molecule has 1 aliphatic rings. The average Bonchev–Trinajstić information content (AvgIpc) is 3.39. The number of hydrogen-bond acceptors (Lipinski definition) is 4. The molecule has 5 nitrogen and oxygen atoms in total. The van der Waals surface area contributed by atoms with Gasteiger partial charge in [0.25, 0.3) is 0 Å². The monoisotopic (exact) mass is 584 g/mol. The number of alkyl halides is 2. The standard InChI is InChI=1S/C11H9F2N4.C11H11N.Os/c12-11(13)17-6-7(5-16-17)10(15)8-3-1-2-4-9(8)14;1-8-10(7-12)6-5-9-3-2-4-11(8)9;/h2-6,11,15H,14H2;5-6H,2-4H2,1H3;/q-1;;+1. The van der Waals surface area contributed by atoms with Crippen molar-refractivity contribution in [1.82, 2.24) is 9.78 Å². The van der Waals surface area contributed by atoms with Crippen LogP contribution < -0.4 is 5.73 Å². The summed E-state index contributed by atoms with van der Waals surface area (Å²) in [5.74, 6) is 0. The van der Waals surface area contributed by atoms with Crippen LogP contribution in [0.15, 0.2) is 42.7 Å². The number of nitrogen functional groups attached to an aromatic ring is 1. The number of anilines is 1. The van der Waals surface area contributed by atoms with Gasteiger partial charge in [-0.2, -0.15) is 37.3 Å². The molecule has 0 unspecified atom stereocenters. The summed E-state index contributed by atoms with van der Waals surface area (Å²) in [6.45, 7) is -0.654. The number of aryl methyl sites for hydroxylation is 1. The van der Waals surface area contributed by atoms with Crippen molar-refractivity contribution in [3.63, 3.8) is 0 Å². The Morgan fingerprint density at radius 1 is 1.33 bits per heavy atom. The summed E-state index contributed by atoms with van der Waals surface area (Å²) < 4.78 is 25.1. The number of halogens is 2. The van der Waals surface area contributed by atoms with Crippen molar-refractivity contribution >= 4 is 11.4 Å². The average molecular weight is 583 g/mol. The van der Waals surface area contributed by atoms with Gasteiger partial charge in [-0.1, -0.05) is 17.3 Å². The summed E-state index contributed by atoms with van der Waals surface area (Å²) in [7, 11) is 0. The zero-order valence-electron chi connectivity index (χ0n) is 16.3. The van der Waals surface area contributed by atoms with Gasteiger partial charge in [0.2, 0.25) is 0 Å². The van der Waals surface area contributed by atoms with Crippen molar-refractivity contribution in [2.45, 2.75) is 32.7 Å². The number of aromatic nitrogens is 2. The first-order valence-electron chi connectivity index (χ1n) is 9.11. The zero-order chi connectivity index (χ0) is 21.0. The molecule has 4 rings (SSSR count). The van der Waals surface area contributed by atoms with Gasteiger partial charge in [-0.15, -0.1) is 6.07 Å². The van der Waals surface area contributed by atoms with Gasteiger partial charge in [0.1, 0.15) is 0 Å². The molecular formula is C22H20F2N5Os. The van der Waals surface area contributed by atoms with Crippen molar-refractivity contribution < 1.29 is 28.6 Å². The van der Waals surface area contributed by atoms with E-state index in [1.807, 2.05) is 6.07 Å². The van der Waals surface area contributed by atoms with Crippen molar-refractivity contribution in [2.75, 3.05) is 5.73 Å². The summed E-state index contributed by atoms with van der Waals surface area (Å²) in [6.07, 6.45) is 5.93. The third kappa shape index (κ3) is 4.98. The number of nitrogens with one attached hydrogen (secondary N) is 1. The van der Waals surface area contributed by atoms with E-state index in [1.165, 1.54) is 41.8 Å². The minimum absolute atomic E-state index is 0. The maximum Gasteiger partial charge on any atom is 1.00 e. The van der Waals surface area contributed by atoms with Crippen LogP contribution >= 0.6 is 0 Å². The molecule has 0 amide bonds. The molecule has 0 aliphatic heterocycles. The molecule has 0 fully saturated rings. The van der Waals surface area contributed by atoms with Crippen LogP contribution in [0.5, 0.6) is 0 Å². The van der Waals surface area contributed by atoms with Crippen molar-refractivity contribution in [1.29, 1.82) is 10.7 Å². The van der Waals surface area contributed by atoms with E-state index < -0.39 is 6.55 Å². The maximum absolute atomic E-state index is 12.3. The molecule has 0 saturated heterocycles. The number of benzene rings is 2. The van der Waals surface area contributed by atoms with Gasteiger partial charge in [0.15, 0.2) is 0 Å². The molecule has 1 aliphatic carbocycles. The fourth-order valence-corrected chi connectivity index (χ4v) is 3.36. The second-order valence-corrected chi connectivity index (χ2v) is 6.72. The molecule has 1 radical (unpaired) electrons. The third-order valence-electron chi connectivity index (χ3n) is 4.95. The molecule has 0 saturated carbocycles. The minimum atomic E-state index is -2.71. The molecule has 3 aromatic rings. The largest absolute Gasteiger partial charge is 1.00 e. The van der Waals surface area contributed by atoms with Crippen molar-refractivity contribution in [3.8, 4) is 6.07 Å². The maximum atomic E-state index is 12.3. The molecule has 0 bridgehead atoms. The number of hydrogen-bond donors (Lipinski definition) is 2. The summed E-state index contributed by atoms with van der Waals surface area (Å²) in [5.41, 5.74) is 11.8. The topological polar surface area (TPSA) is 91.5 Å². The molecule has 2 aromatic carbocycles. The molecule has 30 heavy (non-hydrogen) atoms. The van der Waals surface area contributed by atoms with Gasteiger partial charge in [-0.05, 0) is 48.9 Å². The SMILES string of the molecule is Cc1c(C#N)ccc2c1CCC2.N=C(c1cnn(C(F)F)c1)c1c[c-]ccc1N.[Os+]. The molecule has 8 heteroatoms. The van der Waals surface area contributed by atoms with E-state index in [9.17, 15) is 8.78 Å². The number of nitrogens with zero attached hydrogens (tertiary/aromatic N) is 3. The van der Waals surface area contributed by atoms with Crippen LogP contribution in [0.1, 0.15) is 46.4 Å². The first-order chi connectivity index (χ1) is 13.9. The Morgan fingerprint density at radius 2 is 2.10 bits per heavy atom. The number of fused-ring (bicyclic) bond motifs is 1. The van der Waals surface area contributed by atoms with Gasteiger partial charge in [0.05, 0.1) is 17.8 Å². The van der Waals surface area contributed by atoms with Gasteiger partial charge in [-0.25, -0.2) is 4.68 Å². The van der Waals surface area contributed by atoms with Crippen LogP contribution in [-0.2, 0) is 32.6 Å². The molecule has 3 N–H and O–H groups in total.